The molecule has 5 heteroatoms. The van der Waals surface area contributed by atoms with Crippen LogP contribution in [0.5, 0.6) is 0 Å². The third-order valence-corrected chi connectivity index (χ3v) is 2.07. The van der Waals surface area contributed by atoms with Crippen molar-refractivity contribution in [3.63, 3.8) is 0 Å². The molecule has 1 fully saturated rings. The van der Waals surface area contributed by atoms with Gasteiger partial charge in [-0.05, 0) is 6.42 Å². The van der Waals surface area contributed by atoms with Gasteiger partial charge in [-0.15, -0.1) is 0 Å². The van der Waals surface area contributed by atoms with Gasteiger partial charge in [0.1, 0.15) is 0 Å². The van der Waals surface area contributed by atoms with E-state index in [9.17, 15) is 4.79 Å². The van der Waals surface area contributed by atoms with Gasteiger partial charge in [-0.25, -0.2) is 0 Å². The molecular formula is C8H11N3O2. The van der Waals surface area contributed by atoms with E-state index in [1.807, 2.05) is 0 Å². The Morgan fingerprint density at radius 3 is 3.31 bits per heavy atom. The topological polar surface area (TPSA) is 67.0 Å². The van der Waals surface area contributed by atoms with Crippen molar-refractivity contribution >= 4 is 11.6 Å². The lowest BCUT2D eigenvalue weighted by Crippen LogP contribution is -2.22. The van der Waals surface area contributed by atoms with E-state index < -0.39 is 0 Å². The molecule has 1 amide bonds. The van der Waals surface area contributed by atoms with Crippen LogP contribution < -0.4 is 5.32 Å². The molecule has 0 radical (unpaired) electrons. The van der Waals surface area contributed by atoms with Crippen LogP contribution in [-0.4, -0.2) is 29.3 Å². The summed E-state index contributed by atoms with van der Waals surface area (Å²) < 4.78 is 5.11. The number of hydrogen-bond acceptors (Lipinski definition) is 3. The number of amides is 1. The minimum atomic E-state index is -0.00472. The number of aromatic nitrogens is 2. The lowest BCUT2D eigenvalue weighted by atomic mass is 10.1. The fourth-order valence-electron chi connectivity index (χ4n) is 1.30. The average molecular weight is 181 g/mol. The Morgan fingerprint density at radius 2 is 2.69 bits per heavy atom. The SMILES string of the molecule is O=C(Nc1cn[nH]c1)C1CCOC1. The molecule has 1 aromatic heterocycles. The van der Waals surface area contributed by atoms with E-state index in [1.165, 1.54) is 0 Å². The van der Waals surface area contributed by atoms with Crippen LogP contribution in [0, 0.1) is 5.92 Å². The first-order valence-electron chi connectivity index (χ1n) is 4.23. The first kappa shape index (κ1) is 8.25. The number of hydrogen-bond donors (Lipinski definition) is 2. The van der Waals surface area contributed by atoms with Crippen LogP contribution in [0.4, 0.5) is 5.69 Å². The van der Waals surface area contributed by atoms with Crippen molar-refractivity contribution in [2.24, 2.45) is 5.92 Å². The fraction of sp³-hybridized carbons (Fsp3) is 0.500. The molecule has 2 heterocycles. The van der Waals surface area contributed by atoms with Crippen LogP contribution in [0.25, 0.3) is 0 Å². The molecule has 1 aromatic rings. The monoisotopic (exact) mass is 181 g/mol. The van der Waals surface area contributed by atoms with E-state index in [0.717, 1.165) is 6.42 Å². The van der Waals surface area contributed by atoms with Crippen molar-refractivity contribution in [1.82, 2.24) is 10.2 Å². The molecule has 1 unspecified atom stereocenters. The summed E-state index contributed by atoms with van der Waals surface area (Å²) in [6, 6.07) is 0. The van der Waals surface area contributed by atoms with Crippen molar-refractivity contribution in [2.75, 3.05) is 18.5 Å². The maximum atomic E-state index is 11.5. The molecule has 70 valence electrons. The highest BCUT2D eigenvalue weighted by molar-refractivity contribution is 5.92. The van der Waals surface area contributed by atoms with E-state index in [4.69, 9.17) is 4.74 Å². The summed E-state index contributed by atoms with van der Waals surface area (Å²) in [6.45, 7) is 1.22. The minimum absolute atomic E-state index is 0.00472. The summed E-state index contributed by atoms with van der Waals surface area (Å²) in [7, 11) is 0. The number of rotatable bonds is 2. The number of carbonyl (C=O) groups excluding carboxylic acids is 1. The second kappa shape index (κ2) is 3.57. The van der Waals surface area contributed by atoms with Crippen molar-refractivity contribution in [3.05, 3.63) is 12.4 Å². The van der Waals surface area contributed by atoms with Crippen LogP contribution >= 0.6 is 0 Å². The Balaban J connectivity index is 1.91. The predicted molar refractivity (Wildman–Crippen MR) is 46.1 cm³/mol. The molecule has 2 rings (SSSR count). The van der Waals surface area contributed by atoms with Gasteiger partial charge in [0, 0.05) is 12.8 Å². The molecule has 0 saturated carbocycles. The molecule has 0 bridgehead atoms. The number of aromatic amines is 1. The van der Waals surface area contributed by atoms with E-state index in [2.05, 4.69) is 15.5 Å². The number of H-pyrrole nitrogens is 1. The van der Waals surface area contributed by atoms with Gasteiger partial charge >= 0.3 is 0 Å². The van der Waals surface area contributed by atoms with Crippen molar-refractivity contribution < 1.29 is 9.53 Å². The number of nitrogens with zero attached hydrogens (tertiary/aromatic N) is 1. The van der Waals surface area contributed by atoms with Gasteiger partial charge in [-0.2, -0.15) is 5.10 Å². The highest BCUT2D eigenvalue weighted by Crippen LogP contribution is 2.14. The Bertz CT molecular complexity index is 278. The highest BCUT2D eigenvalue weighted by atomic mass is 16.5. The van der Waals surface area contributed by atoms with Crippen LogP contribution in [-0.2, 0) is 9.53 Å². The summed E-state index contributed by atoms with van der Waals surface area (Å²) >= 11 is 0. The zero-order chi connectivity index (χ0) is 9.10. The van der Waals surface area contributed by atoms with E-state index in [-0.39, 0.29) is 11.8 Å². The van der Waals surface area contributed by atoms with Crippen LogP contribution in [0.2, 0.25) is 0 Å². The van der Waals surface area contributed by atoms with Gasteiger partial charge in [0.15, 0.2) is 0 Å². The van der Waals surface area contributed by atoms with Gasteiger partial charge in [0.2, 0.25) is 5.91 Å². The first-order valence-corrected chi connectivity index (χ1v) is 4.23. The zero-order valence-electron chi connectivity index (χ0n) is 7.12. The van der Waals surface area contributed by atoms with Crippen molar-refractivity contribution in [1.29, 1.82) is 0 Å². The zero-order valence-corrected chi connectivity index (χ0v) is 7.12. The summed E-state index contributed by atoms with van der Waals surface area (Å²) in [5, 5.41) is 9.11. The normalized spacial score (nSPS) is 21.7. The molecule has 1 saturated heterocycles. The maximum Gasteiger partial charge on any atom is 0.229 e. The first-order chi connectivity index (χ1) is 6.36. The standard InChI is InChI=1S/C8H11N3O2/c12-8(6-1-2-13-5-6)11-7-3-9-10-4-7/h3-4,6H,1-2,5H2,(H,9,10)(H,11,12). The molecule has 13 heavy (non-hydrogen) atoms. The predicted octanol–water partition coefficient (Wildman–Crippen LogP) is 0.385. The van der Waals surface area contributed by atoms with Gasteiger partial charge in [-0.3, -0.25) is 9.89 Å². The Labute approximate surface area is 75.5 Å². The minimum Gasteiger partial charge on any atom is -0.381 e. The van der Waals surface area contributed by atoms with Crippen molar-refractivity contribution in [2.45, 2.75) is 6.42 Å². The fourth-order valence-corrected chi connectivity index (χ4v) is 1.30. The molecule has 5 nitrogen and oxygen atoms in total. The molecule has 2 N–H and O–H groups in total. The molecule has 0 aromatic carbocycles. The third kappa shape index (κ3) is 1.86. The van der Waals surface area contributed by atoms with Crippen LogP contribution in [0.3, 0.4) is 0 Å². The summed E-state index contributed by atoms with van der Waals surface area (Å²) in [6.07, 6.45) is 4.03. The quantitative estimate of drug-likeness (QED) is 0.693. The van der Waals surface area contributed by atoms with Crippen LogP contribution in [0.1, 0.15) is 6.42 Å². The van der Waals surface area contributed by atoms with Crippen molar-refractivity contribution in [3.8, 4) is 0 Å². The second-order valence-corrected chi connectivity index (χ2v) is 3.04. The van der Waals surface area contributed by atoms with Gasteiger partial charge < -0.3 is 10.1 Å². The average Bonchev–Trinajstić information content (AvgIpc) is 2.74. The smallest absolute Gasteiger partial charge is 0.229 e. The Hall–Kier alpha value is -1.36. The second-order valence-electron chi connectivity index (χ2n) is 3.04. The molecular weight excluding hydrogens is 170 g/mol. The number of carbonyl (C=O) groups is 1. The highest BCUT2D eigenvalue weighted by Gasteiger charge is 2.23. The van der Waals surface area contributed by atoms with E-state index >= 15 is 0 Å². The van der Waals surface area contributed by atoms with Gasteiger partial charge in [0.05, 0.1) is 24.4 Å². The van der Waals surface area contributed by atoms with Gasteiger partial charge in [0.25, 0.3) is 0 Å². The number of anilines is 1. The third-order valence-electron chi connectivity index (χ3n) is 2.07. The molecule has 1 aliphatic heterocycles. The Kier molecular flexibility index (Phi) is 2.27. The lowest BCUT2D eigenvalue weighted by molar-refractivity contribution is -0.119. The molecule has 1 aliphatic rings. The van der Waals surface area contributed by atoms with E-state index in [1.54, 1.807) is 12.4 Å². The molecule has 1 atom stereocenters. The maximum absolute atomic E-state index is 11.5. The van der Waals surface area contributed by atoms with Crippen LogP contribution in [0.15, 0.2) is 12.4 Å². The van der Waals surface area contributed by atoms with Gasteiger partial charge in [-0.1, -0.05) is 0 Å². The Morgan fingerprint density at radius 1 is 1.77 bits per heavy atom. The summed E-state index contributed by atoms with van der Waals surface area (Å²) in [4.78, 5) is 11.5. The lowest BCUT2D eigenvalue weighted by Gasteiger charge is -2.06. The molecule has 0 spiro atoms. The van der Waals surface area contributed by atoms with E-state index in [0.29, 0.717) is 18.9 Å². The number of ether oxygens (including phenoxy) is 1. The number of nitrogens with one attached hydrogen (secondary N) is 2. The molecule has 0 aliphatic carbocycles. The summed E-state index contributed by atoms with van der Waals surface area (Å²) in [5.41, 5.74) is 0.705. The largest absolute Gasteiger partial charge is 0.381 e. The summed E-state index contributed by atoms with van der Waals surface area (Å²) in [5.74, 6) is 0.00815.